The number of hydrogen-bond acceptors (Lipinski definition) is 6. The van der Waals surface area contributed by atoms with Crippen molar-refractivity contribution in [2.45, 2.75) is 52.2 Å². The Balaban J connectivity index is 1.69. The molecule has 0 bridgehead atoms. The van der Waals surface area contributed by atoms with E-state index in [9.17, 15) is 9.59 Å². The molecule has 3 rings (SSSR count). The number of methoxy groups -OCH3 is 1. The van der Waals surface area contributed by atoms with Crippen molar-refractivity contribution in [2.24, 2.45) is 11.8 Å². The molecule has 9 nitrogen and oxygen atoms in total. The Morgan fingerprint density at radius 2 is 2.06 bits per heavy atom. The third-order valence-corrected chi connectivity index (χ3v) is 6.20. The molecule has 3 atom stereocenters. The van der Waals surface area contributed by atoms with Gasteiger partial charge in [-0.15, -0.1) is 0 Å². The Morgan fingerprint density at radius 3 is 2.72 bits per heavy atom. The molecule has 0 aromatic carbocycles. The van der Waals surface area contributed by atoms with Crippen LogP contribution in [0.5, 0.6) is 0 Å². The highest BCUT2D eigenvalue weighted by molar-refractivity contribution is 5.90. The maximum Gasteiger partial charge on any atom is 0.226 e. The predicted octanol–water partition coefficient (Wildman–Crippen LogP) is 1.30. The zero-order valence-electron chi connectivity index (χ0n) is 20.2. The third kappa shape index (κ3) is 6.08. The fourth-order valence-corrected chi connectivity index (χ4v) is 4.68. The Bertz CT molecular complexity index is 769. The van der Waals surface area contributed by atoms with E-state index in [1.807, 2.05) is 36.5 Å². The molecule has 0 aliphatic carbocycles. The van der Waals surface area contributed by atoms with Crippen molar-refractivity contribution < 1.29 is 19.1 Å². The van der Waals surface area contributed by atoms with Crippen LogP contribution in [0.15, 0.2) is 12.4 Å². The second-order valence-electron chi connectivity index (χ2n) is 9.98. The molecule has 2 fully saturated rings. The highest BCUT2D eigenvalue weighted by Gasteiger charge is 2.48. The zero-order valence-corrected chi connectivity index (χ0v) is 20.2. The van der Waals surface area contributed by atoms with E-state index in [2.05, 4.69) is 22.2 Å². The quantitative estimate of drug-likeness (QED) is 0.611. The minimum absolute atomic E-state index is 0.00802. The van der Waals surface area contributed by atoms with Crippen LogP contribution in [0.2, 0.25) is 0 Å². The predicted molar refractivity (Wildman–Crippen MR) is 121 cm³/mol. The average molecular weight is 450 g/mol. The highest BCUT2D eigenvalue weighted by atomic mass is 16.5. The topological polar surface area (TPSA) is 88.9 Å². The van der Waals surface area contributed by atoms with E-state index in [0.717, 1.165) is 38.4 Å². The molecule has 0 spiro atoms. The van der Waals surface area contributed by atoms with Gasteiger partial charge in [0.25, 0.3) is 0 Å². The summed E-state index contributed by atoms with van der Waals surface area (Å²) in [6.45, 7) is 14.3. The van der Waals surface area contributed by atoms with Crippen LogP contribution in [0.4, 0.5) is 0 Å². The molecule has 0 radical (unpaired) electrons. The number of ether oxygens (including phenoxy) is 2. The van der Waals surface area contributed by atoms with Gasteiger partial charge in [-0.2, -0.15) is 5.10 Å². The first-order chi connectivity index (χ1) is 15.2. The van der Waals surface area contributed by atoms with Crippen LogP contribution in [-0.2, 0) is 25.6 Å². The van der Waals surface area contributed by atoms with E-state index in [1.54, 1.807) is 13.3 Å². The number of hydrogen-bond donors (Lipinski definition) is 1. The maximum atomic E-state index is 13.3. The summed E-state index contributed by atoms with van der Waals surface area (Å²) in [4.78, 5) is 30.5. The Morgan fingerprint density at radius 1 is 1.34 bits per heavy atom. The summed E-state index contributed by atoms with van der Waals surface area (Å²) in [6.07, 6.45) is 3.93. The van der Waals surface area contributed by atoms with Gasteiger partial charge in [0, 0.05) is 57.0 Å². The van der Waals surface area contributed by atoms with Crippen LogP contribution in [-0.4, -0.2) is 90.0 Å². The third-order valence-electron chi connectivity index (χ3n) is 6.20. The van der Waals surface area contributed by atoms with E-state index in [-0.39, 0.29) is 24.3 Å². The molecule has 0 unspecified atom stereocenters. The first kappa shape index (κ1) is 24.7. The van der Waals surface area contributed by atoms with Gasteiger partial charge >= 0.3 is 0 Å². The second kappa shape index (κ2) is 10.8. The van der Waals surface area contributed by atoms with Crippen LogP contribution in [0, 0.1) is 11.8 Å². The number of aromatic nitrogens is 2. The van der Waals surface area contributed by atoms with Crippen molar-refractivity contribution in [3.8, 4) is 0 Å². The molecule has 2 saturated heterocycles. The molecule has 1 N–H and O–H groups in total. The number of carbonyl (C=O) groups is 2. The highest BCUT2D eigenvalue weighted by Crippen LogP contribution is 2.42. The second-order valence-corrected chi connectivity index (χ2v) is 9.98. The molecule has 0 saturated carbocycles. The molecular weight excluding hydrogens is 410 g/mol. The first-order valence-corrected chi connectivity index (χ1v) is 11.6. The molecule has 1 aromatic heterocycles. The van der Waals surface area contributed by atoms with Crippen molar-refractivity contribution in [1.82, 2.24) is 24.9 Å². The Labute approximate surface area is 191 Å². The smallest absolute Gasteiger partial charge is 0.226 e. The summed E-state index contributed by atoms with van der Waals surface area (Å²) >= 11 is 0. The number of amides is 2. The van der Waals surface area contributed by atoms with E-state index in [4.69, 9.17) is 9.47 Å². The van der Waals surface area contributed by atoms with Crippen molar-refractivity contribution in [3.63, 3.8) is 0 Å². The van der Waals surface area contributed by atoms with Gasteiger partial charge in [-0.1, -0.05) is 6.92 Å². The van der Waals surface area contributed by atoms with Gasteiger partial charge in [-0.05, 0) is 26.7 Å². The molecule has 2 aliphatic heterocycles. The van der Waals surface area contributed by atoms with Gasteiger partial charge in [0.15, 0.2) is 0 Å². The molecular formula is C23H39N5O4. The summed E-state index contributed by atoms with van der Waals surface area (Å²) in [5.74, 6) is -0.164. The average Bonchev–Trinajstić information content (AvgIpc) is 3.35. The largest absolute Gasteiger partial charge is 0.383 e. The molecule has 1 aromatic rings. The summed E-state index contributed by atoms with van der Waals surface area (Å²) in [6, 6.07) is -0.326. The molecule has 9 heteroatoms. The standard InChI is InChI=1S/C23H39N5O4/c1-17(15-26-6-10-32-11-7-26)13-24-22(30)19-12-20(29)28(23(2,3)4)21(19)18-14-25-27(16-18)8-9-31-5/h14,16-17,19,21H,6-13,15H2,1-5H3,(H,24,30)/t17-,19-,21+/m0/s1. The summed E-state index contributed by atoms with van der Waals surface area (Å²) in [5, 5.41) is 7.55. The maximum absolute atomic E-state index is 13.3. The van der Waals surface area contributed by atoms with Crippen LogP contribution >= 0.6 is 0 Å². The van der Waals surface area contributed by atoms with E-state index in [0.29, 0.717) is 25.6 Å². The van der Waals surface area contributed by atoms with Crippen LogP contribution < -0.4 is 5.32 Å². The Kier molecular flexibility index (Phi) is 8.30. The minimum atomic E-state index is -0.433. The van der Waals surface area contributed by atoms with Crippen LogP contribution in [0.3, 0.4) is 0 Å². The van der Waals surface area contributed by atoms with E-state index >= 15 is 0 Å². The van der Waals surface area contributed by atoms with Gasteiger partial charge in [-0.25, -0.2) is 0 Å². The summed E-state index contributed by atoms with van der Waals surface area (Å²) in [5.41, 5.74) is 0.498. The van der Waals surface area contributed by atoms with Crippen molar-refractivity contribution in [2.75, 3.05) is 53.1 Å². The van der Waals surface area contributed by atoms with E-state index in [1.165, 1.54) is 0 Å². The Hall–Kier alpha value is -1.97. The van der Waals surface area contributed by atoms with Crippen LogP contribution in [0.25, 0.3) is 0 Å². The monoisotopic (exact) mass is 449 g/mol. The van der Waals surface area contributed by atoms with Crippen molar-refractivity contribution in [1.29, 1.82) is 0 Å². The molecule has 3 heterocycles. The minimum Gasteiger partial charge on any atom is -0.383 e. The fourth-order valence-electron chi connectivity index (χ4n) is 4.68. The lowest BCUT2D eigenvalue weighted by atomic mass is 9.92. The fraction of sp³-hybridized carbons (Fsp3) is 0.783. The van der Waals surface area contributed by atoms with Gasteiger partial charge < -0.3 is 19.7 Å². The van der Waals surface area contributed by atoms with E-state index < -0.39 is 11.5 Å². The first-order valence-electron chi connectivity index (χ1n) is 11.6. The normalized spacial score (nSPS) is 23.5. The number of morpholine rings is 1. The SMILES string of the molecule is COCCn1cc([C@@H]2[C@@H](C(=O)NC[C@H](C)CN3CCOCC3)CC(=O)N2C(C)(C)C)cn1. The lowest BCUT2D eigenvalue weighted by molar-refractivity contribution is -0.133. The van der Waals surface area contributed by atoms with Crippen molar-refractivity contribution in [3.05, 3.63) is 18.0 Å². The number of nitrogens with zero attached hydrogens (tertiary/aromatic N) is 4. The number of rotatable bonds is 9. The van der Waals surface area contributed by atoms with Gasteiger partial charge in [0.2, 0.25) is 11.8 Å². The lowest BCUT2D eigenvalue weighted by Gasteiger charge is -2.38. The van der Waals surface area contributed by atoms with Crippen molar-refractivity contribution >= 4 is 11.8 Å². The molecule has 2 aliphatic rings. The zero-order chi connectivity index (χ0) is 23.3. The summed E-state index contributed by atoms with van der Waals surface area (Å²) < 4.78 is 12.4. The molecule has 2 amide bonds. The lowest BCUT2D eigenvalue weighted by Crippen LogP contribution is -2.46. The number of carbonyl (C=O) groups excluding carboxylic acids is 2. The molecule has 32 heavy (non-hydrogen) atoms. The van der Waals surface area contributed by atoms with Gasteiger partial charge in [-0.3, -0.25) is 19.2 Å². The number of nitrogens with one attached hydrogen (secondary N) is 1. The van der Waals surface area contributed by atoms with Gasteiger partial charge in [0.05, 0.1) is 44.5 Å². The number of likely N-dealkylation sites (tertiary alicyclic amines) is 1. The molecule has 180 valence electrons. The van der Waals surface area contributed by atoms with Gasteiger partial charge in [0.1, 0.15) is 0 Å². The summed E-state index contributed by atoms with van der Waals surface area (Å²) in [7, 11) is 1.65. The van der Waals surface area contributed by atoms with Crippen LogP contribution in [0.1, 0.15) is 45.7 Å².